The fraction of sp³-hybridized carbons (Fsp3) is 0.714. The molecular formula is C14H23N5. The lowest BCUT2D eigenvalue weighted by Crippen LogP contribution is -2.37. The van der Waals surface area contributed by atoms with Crippen LogP contribution in [0.2, 0.25) is 0 Å². The van der Waals surface area contributed by atoms with Crippen LogP contribution in [0.3, 0.4) is 0 Å². The van der Waals surface area contributed by atoms with Gasteiger partial charge in [-0.05, 0) is 32.7 Å². The Hall–Kier alpha value is -1.36. The molecular weight excluding hydrogens is 238 g/mol. The van der Waals surface area contributed by atoms with Crippen molar-refractivity contribution in [2.45, 2.75) is 37.8 Å². The van der Waals surface area contributed by atoms with E-state index in [2.05, 4.69) is 38.2 Å². The summed E-state index contributed by atoms with van der Waals surface area (Å²) in [4.78, 5) is 13.5. The maximum Gasteiger partial charge on any atom is 0.134 e. The van der Waals surface area contributed by atoms with Gasteiger partial charge in [0.2, 0.25) is 0 Å². The maximum absolute atomic E-state index is 4.44. The van der Waals surface area contributed by atoms with Crippen molar-refractivity contribution in [3.63, 3.8) is 0 Å². The van der Waals surface area contributed by atoms with Gasteiger partial charge in [-0.3, -0.25) is 0 Å². The second kappa shape index (κ2) is 5.33. The number of hydrogen-bond acceptors (Lipinski definition) is 5. The van der Waals surface area contributed by atoms with Crippen LogP contribution in [0.4, 0.5) is 11.6 Å². The average molecular weight is 261 g/mol. The minimum Gasteiger partial charge on any atom is -0.357 e. The molecule has 3 rings (SSSR count). The lowest BCUT2D eigenvalue weighted by Gasteiger charge is -2.35. The third kappa shape index (κ3) is 2.52. The average Bonchev–Trinajstić information content (AvgIpc) is 2.85. The second-order valence-corrected chi connectivity index (χ2v) is 5.65. The van der Waals surface area contributed by atoms with Crippen molar-refractivity contribution in [3.8, 4) is 0 Å². The van der Waals surface area contributed by atoms with Gasteiger partial charge in [0.1, 0.15) is 18.0 Å². The number of aromatic nitrogens is 2. The van der Waals surface area contributed by atoms with Gasteiger partial charge >= 0.3 is 0 Å². The summed E-state index contributed by atoms with van der Waals surface area (Å²) in [7, 11) is 4.18. The Bertz CT molecular complexity index is 432. The van der Waals surface area contributed by atoms with Crippen LogP contribution in [0.25, 0.3) is 0 Å². The monoisotopic (exact) mass is 261 g/mol. The first kappa shape index (κ1) is 12.7. The Kier molecular flexibility index (Phi) is 3.55. The summed E-state index contributed by atoms with van der Waals surface area (Å²) in [5.74, 6) is 2.12. The molecule has 1 N–H and O–H groups in total. The van der Waals surface area contributed by atoms with Crippen LogP contribution in [-0.4, -0.2) is 49.2 Å². The summed E-state index contributed by atoms with van der Waals surface area (Å²) in [6, 6.07) is 3.39. The SMILES string of the molecule is CNC1CCN(c2cc(N(C)C3CCC3)ncn2)C1. The van der Waals surface area contributed by atoms with Crippen molar-refractivity contribution in [2.75, 3.05) is 37.0 Å². The minimum absolute atomic E-state index is 0.586. The van der Waals surface area contributed by atoms with Crippen molar-refractivity contribution in [1.29, 1.82) is 0 Å². The molecule has 1 atom stereocenters. The van der Waals surface area contributed by atoms with E-state index < -0.39 is 0 Å². The van der Waals surface area contributed by atoms with Gasteiger partial charge in [0.15, 0.2) is 0 Å². The van der Waals surface area contributed by atoms with Gasteiger partial charge in [0, 0.05) is 38.3 Å². The molecule has 1 aromatic heterocycles. The van der Waals surface area contributed by atoms with Crippen LogP contribution in [0, 0.1) is 0 Å². The molecule has 5 nitrogen and oxygen atoms in total. The Balaban J connectivity index is 1.72. The smallest absolute Gasteiger partial charge is 0.134 e. The Morgan fingerprint density at radius 3 is 2.79 bits per heavy atom. The summed E-state index contributed by atoms with van der Waals surface area (Å²) in [5, 5.41) is 3.34. The van der Waals surface area contributed by atoms with Crippen molar-refractivity contribution in [2.24, 2.45) is 0 Å². The third-order valence-corrected chi connectivity index (χ3v) is 4.54. The summed E-state index contributed by atoms with van der Waals surface area (Å²) in [6.45, 7) is 2.12. The summed E-state index contributed by atoms with van der Waals surface area (Å²) >= 11 is 0. The lowest BCUT2D eigenvalue weighted by atomic mass is 9.92. The molecule has 104 valence electrons. The fourth-order valence-electron chi connectivity index (χ4n) is 2.87. The molecule has 1 aromatic rings. The van der Waals surface area contributed by atoms with E-state index >= 15 is 0 Å². The number of likely N-dealkylation sites (N-methyl/N-ethyl adjacent to an activating group) is 1. The van der Waals surface area contributed by atoms with E-state index in [0.29, 0.717) is 12.1 Å². The van der Waals surface area contributed by atoms with Crippen LogP contribution in [-0.2, 0) is 0 Å². The van der Waals surface area contributed by atoms with Crippen molar-refractivity contribution < 1.29 is 0 Å². The Morgan fingerprint density at radius 2 is 2.16 bits per heavy atom. The van der Waals surface area contributed by atoms with Crippen molar-refractivity contribution >= 4 is 11.6 Å². The highest BCUT2D eigenvalue weighted by atomic mass is 15.3. The molecule has 1 aliphatic carbocycles. The zero-order valence-corrected chi connectivity index (χ0v) is 11.8. The molecule has 1 unspecified atom stereocenters. The number of rotatable bonds is 4. The van der Waals surface area contributed by atoms with E-state index in [4.69, 9.17) is 0 Å². The van der Waals surface area contributed by atoms with E-state index in [1.165, 1.54) is 25.7 Å². The van der Waals surface area contributed by atoms with Crippen LogP contribution in [0.15, 0.2) is 12.4 Å². The molecule has 1 aliphatic heterocycles. The molecule has 19 heavy (non-hydrogen) atoms. The normalized spacial score (nSPS) is 23.5. The first-order valence-electron chi connectivity index (χ1n) is 7.25. The fourth-order valence-corrected chi connectivity index (χ4v) is 2.87. The van der Waals surface area contributed by atoms with E-state index in [9.17, 15) is 0 Å². The third-order valence-electron chi connectivity index (χ3n) is 4.54. The molecule has 2 heterocycles. The maximum atomic E-state index is 4.44. The van der Waals surface area contributed by atoms with Gasteiger partial charge in [0.05, 0.1) is 0 Å². The van der Waals surface area contributed by atoms with Crippen LogP contribution < -0.4 is 15.1 Å². The Morgan fingerprint density at radius 1 is 1.32 bits per heavy atom. The van der Waals surface area contributed by atoms with E-state index in [0.717, 1.165) is 24.7 Å². The molecule has 2 aliphatic rings. The molecule has 0 aromatic carbocycles. The van der Waals surface area contributed by atoms with Gasteiger partial charge in [-0.25, -0.2) is 9.97 Å². The van der Waals surface area contributed by atoms with Gasteiger partial charge in [-0.1, -0.05) is 0 Å². The van der Waals surface area contributed by atoms with E-state index in [1.54, 1.807) is 6.33 Å². The number of hydrogen-bond donors (Lipinski definition) is 1. The molecule has 0 radical (unpaired) electrons. The summed E-state index contributed by atoms with van der Waals surface area (Å²) in [6.07, 6.45) is 6.83. The number of nitrogens with zero attached hydrogens (tertiary/aromatic N) is 4. The molecule has 0 spiro atoms. The number of nitrogens with one attached hydrogen (secondary N) is 1. The van der Waals surface area contributed by atoms with Crippen molar-refractivity contribution in [1.82, 2.24) is 15.3 Å². The van der Waals surface area contributed by atoms with Crippen LogP contribution in [0.5, 0.6) is 0 Å². The number of anilines is 2. The zero-order valence-electron chi connectivity index (χ0n) is 11.8. The van der Waals surface area contributed by atoms with Gasteiger partial charge in [0.25, 0.3) is 0 Å². The van der Waals surface area contributed by atoms with E-state index in [-0.39, 0.29) is 0 Å². The minimum atomic E-state index is 0.586. The van der Waals surface area contributed by atoms with Crippen LogP contribution >= 0.6 is 0 Å². The molecule has 1 saturated carbocycles. The molecule has 0 amide bonds. The highest BCUT2D eigenvalue weighted by Crippen LogP contribution is 2.28. The molecule has 5 heteroatoms. The van der Waals surface area contributed by atoms with Crippen molar-refractivity contribution in [3.05, 3.63) is 12.4 Å². The van der Waals surface area contributed by atoms with Gasteiger partial charge in [-0.15, -0.1) is 0 Å². The predicted molar refractivity (Wildman–Crippen MR) is 77.8 cm³/mol. The summed E-state index contributed by atoms with van der Waals surface area (Å²) < 4.78 is 0. The first-order chi connectivity index (χ1) is 9.28. The summed E-state index contributed by atoms with van der Waals surface area (Å²) in [5.41, 5.74) is 0. The molecule has 1 saturated heterocycles. The first-order valence-corrected chi connectivity index (χ1v) is 7.25. The lowest BCUT2D eigenvalue weighted by molar-refractivity contribution is 0.399. The highest BCUT2D eigenvalue weighted by Gasteiger charge is 2.25. The Labute approximate surface area is 115 Å². The van der Waals surface area contributed by atoms with E-state index in [1.807, 2.05) is 7.05 Å². The standard InChI is InChI=1S/C14H23N5/c1-15-11-6-7-19(9-11)14-8-13(16-10-17-14)18(2)12-4-3-5-12/h8,10-12,15H,3-7,9H2,1-2H3. The topological polar surface area (TPSA) is 44.3 Å². The molecule has 0 bridgehead atoms. The highest BCUT2D eigenvalue weighted by molar-refractivity contribution is 5.51. The largest absolute Gasteiger partial charge is 0.357 e. The predicted octanol–water partition coefficient (Wildman–Crippen LogP) is 1.26. The quantitative estimate of drug-likeness (QED) is 0.884. The van der Waals surface area contributed by atoms with Gasteiger partial charge < -0.3 is 15.1 Å². The zero-order chi connectivity index (χ0) is 13.2. The second-order valence-electron chi connectivity index (χ2n) is 5.65. The molecule has 2 fully saturated rings. The van der Waals surface area contributed by atoms with Gasteiger partial charge in [-0.2, -0.15) is 0 Å². The van der Waals surface area contributed by atoms with Crippen LogP contribution in [0.1, 0.15) is 25.7 Å².